The minimum absolute atomic E-state index is 0.339. The molecule has 2 aromatic carbocycles. The third kappa shape index (κ3) is 5.23. The zero-order valence-corrected chi connectivity index (χ0v) is 15.5. The summed E-state index contributed by atoms with van der Waals surface area (Å²) < 4.78 is 6.14. The van der Waals surface area contributed by atoms with Crippen LogP contribution in [0.2, 0.25) is 0 Å². The third-order valence-corrected chi connectivity index (χ3v) is 4.19. The van der Waals surface area contributed by atoms with Crippen LogP contribution in [0.25, 0.3) is 0 Å². The normalized spacial score (nSPS) is 10.1. The predicted molar refractivity (Wildman–Crippen MR) is 103 cm³/mol. The SMILES string of the molecule is CCCCOC(=O)c1ccccc1NC(=O)Nc1ccccc1I. The molecular formula is C18H19IN2O3. The number of hydrogen-bond acceptors (Lipinski definition) is 3. The maximum Gasteiger partial charge on any atom is 0.340 e. The molecule has 0 aliphatic heterocycles. The molecule has 0 spiro atoms. The highest BCUT2D eigenvalue weighted by Crippen LogP contribution is 2.19. The Morgan fingerprint density at radius 3 is 2.33 bits per heavy atom. The molecule has 0 aromatic heterocycles. The average molecular weight is 438 g/mol. The van der Waals surface area contributed by atoms with Crippen LogP contribution in [-0.2, 0) is 4.74 Å². The van der Waals surface area contributed by atoms with E-state index in [2.05, 4.69) is 33.2 Å². The minimum Gasteiger partial charge on any atom is -0.462 e. The Kier molecular flexibility index (Phi) is 7.05. The van der Waals surface area contributed by atoms with Gasteiger partial charge < -0.3 is 15.4 Å². The molecule has 126 valence electrons. The lowest BCUT2D eigenvalue weighted by molar-refractivity contribution is 0.0501. The summed E-state index contributed by atoms with van der Waals surface area (Å²) in [6, 6.07) is 13.8. The van der Waals surface area contributed by atoms with Gasteiger partial charge in [0.15, 0.2) is 0 Å². The van der Waals surface area contributed by atoms with Crippen LogP contribution in [0.3, 0.4) is 0 Å². The molecule has 0 heterocycles. The summed E-state index contributed by atoms with van der Waals surface area (Å²) in [5.74, 6) is -0.436. The van der Waals surface area contributed by atoms with Crippen LogP contribution < -0.4 is 10.6 Å². The Bertz CT molecular complexity index is 719. The highest BCUT2D eigenvalue weighted by molar-refractivity contribution is 14.1. The second-order valence-corrected chi connectivity index (χ2v) is 6.26. The first-order chi connectivity index (χ1) is 11.6. The van der Waals surface area contributed by atoms with E-state index in [9.17, 15) is 9.59 Å². The molecule has 0 aliphatic rings. The van der Waals surface area contributed by atoms with Gasteiger partial charge in [-0.2, -0.15) is 0 Å². The van der Waals surface area contributed by atoms with Crippen LogP contribution in [-0.4, -0.2) is 18.6 Å². The molecule has 2 rings (SSSR count). The van der Waals surface area contributed by atoms with Gasteiger partial charge in [-0.3, -0.25) is 0 Å². The molecule has 0 fully saturated rings. The molecule has 24 heavy (non-hydrogen) atoms. The van der Waals surface area contributed by atoms with Crippen LogP contribution in [0.5, 0.6) is 0 Å². The van der Waals surface area contributed by atoms with Crippen LogP contribution in [0, 0.1) is 3.57 Å². The number of esters is 1. The number of amides is 2. The molecule has 0 saturated heterocycles. The Morgan fingerprint density at radius 2 is 1.62 bits per heavy atom. The van der Waals surface area contributed by atoms with Gasteiger partial charge in [0.1, 0.15) is 0 Å². The summed E-state index contributed by atoms with van der Waals surface area (Å²) in [4.78, 5) is 24.3. The number of rotatable bonds is 6. The lowest BCUT2D eigenvalue weighted by Gasteiger charge is -2.12. The molecule has 2 N–H and O–H groups in total. The van der Waals surface area contributed by atoms with Crippen LogP contribution >= 0.6 is 22.6 Å². The fourth-order valence-electron chi connectivity index (χ4n) is 2.00. The predicted octanol–water partition coefficient (Wildman–Crippen LogP) is 4.89. The third-order valence-electron chi connectivity index (χ3n) is 3.25. The fourth-order valence-corrected chi connectivity index (χ4v) is 2.52. The molecule has 0 saturated carbocycles. The lowest BCUT2D eigenvalue weighted by Crippen LogP contribution is -2.22. The number of carbonyl (C=O) groups is 2. The van der Waals surface area contributed by atoms with Crippen molar-refractivity contribution in [3.63, 3.8) is 0 Å². The molecule has 0 aliphatic carbocycles. The highest BCUT2D eigenvalue weighted by Gasteiger charge is 2.14. The average Bonchev–Trinajstić information content (AvgIpc) is 2.57. The van der Waals surface area contributed by atoms with Crippen LogP contribution in [0.1, 0.15) is 30.1 Å². The van der Waals surface area contributed by atoms with Crippen molar-refractivity contribution in [1.82, 2.24) is 0 Å². The molecular weight excluding hydrogens is 419 g/mol. The van der Waals surface area contributed by atoms with E-state index >= 15 is 0 Å². The number of unbranched alkanes of at least 4 members (excludes halogenated alkanes) is 1. The second-order valence-electron chi connectivity index (χ2n) is 5.09. The van der Waals surface area contributed by atoms with Crippen molar-refractivity contribution in [2.24, 2.45) is 0 Å². The number of benzene rings is 2. The van der Waals surface area contributed by atoms with E-state index in [-0.39, 0.29) is 0 Å². The van der Waals surface area contributed by atoms with E-state index in [1.165, 1.54) is 0 Å². The van der Waals surface area contributed by atoms with Gasteiger partial charge in [-0.05, 0) is 53.3 Å². The molecule has 5 nitrogen and oxygen atoms in total. The van der Waals surface area contributed by atoms with E-state index in [0.29, 0.717) is 23.5 Å². The summed E-state index contributed by atoms with van der Waals surface area (Å²) >= 11 is 2.14. The van der Waals surface area contributed by atoms with Crippen molar-refractivity contribution >= 4 is 46.0 Å². The van der Waals surface area contributed by atoms with Gasteiger partial charge in [0.25, 0.3) is 0 Å². The molecule has 0 unspecified atom stereocenters. The van der Waals surface area contributed by atoms with Gasteiger partial charge in [-0.15, -0.1) is 0 Å². The number of hydrogen-bond donors (Lipinski definition) is 2. The highest BCUT2D eigenvalue weighted by atomic mass is 127. The Morgan fingerprint density at radius 1 is 1.00 bits per heavy atom. The van der Waals surface area contributed by atoms with E-state index in [0.717, 1.165) is 16.4 Å². The van der Waals surface area contributed by atoms with Gasteiger partial charge in [0.05, 0.1) is 23.5 Å². The van der Waals surface area contributed by atoms with Gasteiger partial charge in [-0.25, -0.2) is 9.59 Å². The lowest BCUT2D eigenvalue weighted by atomic mass is 10.2. The monoisotopic (exact) mass is 438 g/mol. The molecule has 0 radical (unpaired) electrons. The van der Waals surface area contributed by atoms with Gasteiger partial charge in [-0.1, -0.05) is 37.6 Å². The van der Waals surface area contributed by atoms with Gasteiger partial charge in [0, 0.05) is 3.57 Å². The zero-order chi connectivity index (χ0) is 17.4. The Hall–Kier alpha value is -2.09. The number of halogens is 1. The number of carbonyl (C=O) groups excluding carboxylic acids is 2. The summed E-state index contributed by atoms with van der Waals surface area (Å²) in [7, 11) is 0. The maximum atomic E-state index is 12.2. The summed E-state index contributed by atoms with van der Waals surface area (Å²) in [6.07, 6.45) is 1.76. The Balaban J connectivity index is 2.05. The molecule has 0 bridgehead atoms. The number of ether oxygens (including phenoxy) is 1. The number of para-hydroxylation sites is 2. The maximum absolute atomic E-state index is 12.2. The van der Waals surface area contributed by atoms with Crippen molar-refractivity contribution in [3.05, 3.63) is 57.7 Å². The summed E-state index contributed by atoms with van der Waals surface area (Å²) in [5, 5.41) is 5.47. The zero-order valence-electron chi connectivity index (χ0n) is 13.3. The molecule has 6 heteroatoms. The summed E-state index contributed by atoms with van der Waals surface area (Å²) in [6.45, 7) is 2.40. The van der Waals surface area contributed by atoms with Crippen LogP contribution in [0.15, 0.2) is 48.5 Å². The first-order valence-corrected chi connectivity index (χ1v) is 8.78. The fraction of sp³-hybridized carbons (Fsp3) is 0.222. The largest absolute Gasteiger partial charge is 0.462 e. The number of nitrogens with one attached hydrogen (secondary N) is 2. The van der Waals surface area contributed by atoms with Gasteiger partial charge >= 0.3 is 12.0 Å². The van der Waals surface area contributed by atoms with Gasteiger partial charge in [0.2, 0.25) is 0 Å². The molecule has 0 atom stereocenters. The Labute approximate surface area is 154 Å². The minimum atomic E-state index is -0.436. The second kappa shape index (κ2) is 9.27. The van der Waals surface area contributed by atoms with Crippen molar-refractivity contribution in [1.29, 1.82) is 0 Å². The number of urea groups is 1. The smallest absolute Gasteiger partial charge is 0.340 e. The van der Waals surface area contributed by atoms with Crippen molar-refractivity contribution in [2.75, 3.05) is 17.2 Å². The van der Waals surface area contributed by atoms with E-state index < -0.39 is 12.0 Å². The van der Waals surface area contributed by atoms with Crippen molar-refractivity contribution in [2.45, 2.75) is 19.8 Å². The quantitative estimate of drug-likeness (QED) is 0.383. The van der Waals surface area contributed by atoms with Crippen molar-refractivity contribution < 1.29 is 14.3 Å². The summed E-state index contributed by atoms with van der Waals surface area (Å²) in [5.41, 5.74) is 1.47. The first-order valence-electron chi connectivity index (χ1n) is 7.70. The standard InChI is InChI=1S/C18H19IN2O3/c1-2-3-12-24-17(22)13-8-4-6-10-15(13)20-18(23)21-16-11-7-5-9-14(16)19/h4-11H,2-3,12H2,1H3,(H2,20,21,23). The molecule has 2 amide bonds. The molecule has 2 aromatic rings. The van der Waals surface area contributed by atoms with E-state index in [1.54, 1.807) is 24.3 Å². The number of anilines is 2. The van der Waals surface area contributed by atoms with Crippen LogP contribution in [0.4, 0.5) is 16.2 Å². The van der Waals surface area contributed by atoms with E-state index in [1.807, 2.05) is 31.2 Å². The van der Waals surface area contributed by atoms with Crippen molar-refractivity contribution in [3.8, 4) is 0 Å². The van der Waals surface area contributed by atoms with E-state index in [4.69, 9.17) is 4.74 Å². The topological polar surface area (TPSA) is 67.4 Å². The first kappa shape index (κ1) is 18.3.